The van der Waals surface area contributed by atoms with Crippen LogP contribution in [0.2, 0.25) is 0 Å². The number of aryl methyl sites for hydroxylation is 2. The van der Waals surface area contributed by atoms with Crippen LogP contribution in [-0.2, 0) is 20.1 Å². The van der Waals surface area contributed by atoms with Crippen molar-refractivity contribution in [2.24, 2.45) is 12.0 Å². The number of halogens is 1. The van der Waals surface area contributed by atoms with Gasteiger partial charge in [-0.3, -0.25) is 9.67 Å². The van der Waals surface area contributed by atoms with E-state index in [0.717, 1.165) is 34.7 Å². The monoisotopic (exact) mass is 478 g/mol. The highest BCUT2D eigenvalue weighted by atomic mass is 127. The Morgan fingerprint density at radius 1 is 1.15 bits per heavy atom. The quantitative estimate of drug-likeness (QED) is 0.335. The Balaban J connectivity index is 0.00000261. The molecule has 0 aliphatic rings. The SMILES string of the molecule is CCNC(=NCc1cccc2cccnc12)NCc1c(C)nn(C)c1C.I. The minimum absolute atomic E-state index is 0. The van der Waals surface area contributed by atoms with Gasteiger partial charge in [-0.15, -0.1) is 24.0 Å². The first-order valence-electron chi connectivity index (χ1n) is 8.94. The summed E-state index contributed by atoms with van der Waals surface area (Å²) in [6.45, 7) is 8.28. The zero-order chi connectivity index (χ0) is 18.5. The number of aliphatic imine (C=N–C) groups is 1. The van der Waals surface area contributed by atoms with E-state index in [9.17, 15) is 0 Å². The first-order chi connectivity index (χ1) is 12.6. The van der Waals surface area contributed by atoms with Crippen molar-refractivity contribution in [2.45, 2.75) is 33.9 Å². The van der Waals surface area contributed by atoms with Crippen LogP contribution in [0, 0.1) is 13.8 Å². The summed E-state index contributed by atoms with van der Waals surface area (Å²) in [5.41, 5.74) is 5.56. The van der Waals surface area contributed by atoms with Gasteiger partial charge in [0.15, 0.2) is 5.96 Å². The summed E-state index contributed by atoms with van der Waals surface area (Å²) in [6.07, 6.45) is 1.83. The van der Waals surface area contributed by atoms with Crippen molar-refractivity contribution >= 4 is 40.8 Å². The summed E-state index contributed by atoms with van der Waals surface area (Å²) in [5, 5.41) is 12.3. The van der Waals surface area contributed by atoms with Gasteiger partial charge in [0.1, 0.15) is 0 Å². The van der Waals surface area contributed by atoms with Crippen LogP contribution in [0.3, 0.4) is 0 Å². The van der Waals surface area contributed by atoms with Gasteiger partial charge in [0.25, 0.3) is 0 Å². The van der Waals surface area contributed by atoms with Crippen LogP contribution >= 0.6 is 24.0 Å². The average Bonchev–Trinajstić information content (AvgIpc) is 2.89. The number of hydrogen-bond acceptors (Lipinski definition) is 3. The largest absolute Gasteiger partial charge is 0.357 e. The van der Waals surface area contributed by atoms with E-state index in [2.05, 4.69) is 58.8 Å². The summed E-state index contributed by atoms with van der Waals surface area (Å²) >= 11 is 0. The maximum Gasteiger partial charge on any atom is 0.191 e. The standard InChI is InChI=1S/C20H26N6.HI/c1-5-21-20(24-13-18-14(2)25-26(4)15(18)3)23-12-17-9-6-8-16-10-7-11-22-19(16)17;/h6-11H,5,12-13H2,1-4H3,(H2,21,23,24);1H. The second-order valence-corrected chi connectivity index (χ2v) is 6.31. The first kappa shape index (κ1) is 21.1. The zero-order valence-corrected chi connectivity index (χ0v) is 18.6. The van der Waals surface area contributed by atoms with Crippen LogP contribution in [0.4, 0.5) is 0 Å². The number of hydrogen-bond donors (Lipinski definition) is 2. The number of nitrogens with zero attached hydrogens (tertiary/aromatic N) is 4. The van der Waals surface area contributed by atoms with E-state index in [1.807, 2.05) is 30.9 Å². The molecule has 0 fully saturated rings. The Morgan fingerprint density at radius 3 is 2.63 bits per heavy atom. The fourth-order valence-corrected chi connectivity index (χ4v) is 3.05. The fourth-order valence-electron chi connectivity index (χ4n) is 3.05. The first-order valence-corrected chi connectivity index (χ1v) is 8.94. The summed E-state index contributed by atoms with van der Waals surface area (Å²) in [5.74, 6) is 0.795. The molecule has 0 unspecified atom stereocenters. The lowest BCUT2D eigenvalue weighted by Crippen LogP contribution is -2.37. The second kappa shape index (κ2) is 9.68. The van der Waals surface area contributed by atoms with Crippen LogP contribution < -0.4 is 10.6 Å². The third-order valence-electron chi connectivity index (χ3n) is 4.56. The van der Waals surface area contributed by atoms with E-state index in [1.165, 1.54) is 11.3 Å². The number of fused-ring (bicyclic) bond motifs is 1. The summed E-state index contributed by atoms with van der Waals surface area (Å²) in [7, 11) is 1.97. The Labute approximate surface area is 177 Å². The van der Waals surface area contributed by atoms with E-state index in [4.69, 9.17) is 4.99 Å². The highest BCUT2D eigenvalue weighted by molar-refractivity contribution is 14.0. The molecule has 2 N–H and O–H groups in total. The van der Waals surface area contributed by atoms with Crippen LogP contribution in [0.25, 0.3) is 10.9 Å². The molecule has 27 heavy (non-hydrogen) atoms. The van der Waals surface area contributed by atoms with Crippen LogP contribution in [0.1, 0.15) is 29.4 Å². The molecular formula is C20H27IN6. The smallest absolute Gasteiger partial charge is 0.191 e. The lowest BCUT2D eigenvalue weighted by molar-refractivity contribution is 0.728. The molecule has 0 saturated heterocycles. The maximum absolute atomic E-state index is 4.74. The lowest BCUT2D eigenvalue weighted by Gasteiger charge is -2.12. The molecule has 6 nitrogen and oxygen atoms in total. The Bertz CT molecular complexity index is 926. The molecule has 0 bridgehead atoms. The predicted octanol–water partition coefficient (Wildman–Crippen LogP) is 3.46. The molecule has 0 radical (unpaired) electrons. The van der Waals surface area contributed by atoms with Crippen LogP contribution in [0.15, 0.2) is 41.5 Å². The maximum atomic E-state index is 4.74. The van der Waals surface area contributed by atoms with Gasteiger partial charge in [-0.1, -0.05) is 24.3 Å². The highest BCUT2D eigenvalue weighted by Gasteiger charge is 2.10. The van der Waals surface area contributed by atoms with Gasteiger partial charge in [-0.25, -0.2) is 4.99 Å². The second-order valence-electron chi connectivity index (χ2n) is 6.31. The molecule has 7 heteroatoms. The van der Waals surface area contributed by atoms with Gasteiger partial charge in [0.05, 0.1) is 17.8 Å². The Hall–Kier alpha value is -2.16. The van der Waals surface area contributed by atoms with Crippen molar-refractivity contribution in [3.63, 3.8) is 0 Å². The third kappa shape index (κ3) is 4.97. The number of benzene rings is 1. The number of pyridine rings is 1. The molecule has 2 aromatic heterocycles. The predicted molar refractivity (Wildman–Crippen MR) is 121 cm³/mol. The topological polar surface area (TPSA) is 67.1 Å². The molecule has 0 atom stereocenters. The van der Waals surface area contributed by atoms with Gasteiger partial charge in [0.2, 0.25) is 0 Å². The lowest BCUT2D eigenvalue weighted by atomic mass is 10.1. The third-order valence-corrected chi connectivity index (χ3v) is 4.56. The van der Waals surface area contributed by atoms with E-state index < -0.39 is 0 Å². The molecule has 3 aromatic rings. The molecule has 0 amide bonds. The molecule has 2 heterocycles. The van der Waals surface area contributed by atoms with Crippen LogP contribution in [0.5, 0.6) is 0 Å². The normalized spacial score (nSPS) is 11.3. The number of guanidine groups is 1. The van der Waals surface area contributed by atoms with E-state index in [1.54, 1.807) is 0 Å². The molecule has 0 saturated carbocycles. The summed E-state index contributed by atoms with van der Waals surface area (Å²) in [6, 6.07) is 10.2. The Morgan fingerprint density at radius 2 is 1.93 bits per heavy atom. The van der Waals surface area contributed by atoms with Crippen molar-refractivity contribution in [1.29, 1.82) is 0 Å². The van der Waals surface area contributed by atoms with E-state index in [0.29, 0.717) is 13.1 Å². The molecule has 3 rings (SSSR count). The molecular weight excluding hydrogens is 451 g/mol. The Kier molecular flexibility index (Phi) is 7.58. The van der Waals surface area contributed by atoms with Crippen molar-refractivity contribution in [2.75, 3.05) is 6.54 Å². The van der Waals surface area contributed by atoms with Crippen molar-refractivity contribution in [3.05, 3.63) is 59.0 Å². The number of rotatable bonds is 5. The van der Waals surface area contributed by atoms with Gasteiger partial charge in [-0.2, -0.15) is 5.10 Å². The minimum atomic E-state index is 0. The zero-order valence-electron chi connectivity index (χ0n) is 16.3. The number of nitrogens with one attached hydrogen (secondary N) is 2. The van der Waals surface area contributed by atoms with Gasteiger partial charge >= 0.3 is 0 Å². The highest BCUT2D eigenvalue weighted by Crippen LogP contribution is 2.16. The molecule has 1 aromatic carbocycles. The van der Waals surface area contributed by atoms with Gasteiger partial charge in [0, 0.05) is 43.0 Å². The summed E-state index contributed by atoms with van der Waals surface area (Å²) in [4.78, 5) is 9.25. The summed E-state index contributed by atoms with van der Waals surface area (Å²) < 4.78 is 1.91. The van der Waals surface area contributed by atoms with Gasteiger partial charge < -0.3 is 10.6 Å². The molecule has 0 spiro atoms. The fraction of sp³-hybridized carbons (Fsp3) is 0.350. The average molecular weight is 478 g/mol. The van der Waals surface area contributed by atoms with Crippen molar-refractivity contribution in [3.8, 4) is 0 Å². The van der Waals surface area contributed by atoms with Gasteiger partial charge in [-0.05, 0) is 32.4 Å². The number of para-hydroxylation sites is 1. The molecule has 144 valence electrons. The number of aromatic nitrogens is 3. The van der Waals surface area contributed by atoms with E-state index in [-0.39, 0.29) is 24.0 Å². The van der Waals surface area contributed by atoms with E-state index >= 15 is 0 Å². The molecule has 0 aliphatic carbocycles. The van der Waals surface area contributed by atoms with Crippen molar-refractivity contribution < 1.29 is 0 Å². The minimum Gasteiger partial charge on any atom is -0.357 e. The molecule has 0 aliphatic heterocycles. The van der Waals surface area contributed by atoms with Crippen LogP contribution in [-0.4, -0.2) is 27.3 Å². The van der Waals surface area contributed by atoms with Crippen molar-refractivity contribution in [1.82, 2.24) is 25.4 Å².